The van der Waals surface area contributed by atoms with Crippen molar-refractivity contribution in [3.8, 4) is 16.9 Å². The zero-order chi connectivity index (χ0) is 28.9. The number of nitrogens with one attached hydrogen (secondary N) is 1. The van der Waals surface area contributed by atoms with Gasteiger partial charge in [-0.05, 0) is 36.8 Å². The van der Waals surface area contributed by atoms with Crippen LogP contribution in [0, 0.1) is 0 Å². The molecule has 2 aromatic heterocycles. The van der Waals surface area contributed by atoms with Crippen molar-refractivity contribution in [2.75, 3.05) is 26.9 Å². The van der Waals surface area contributed by atoms with E-state index in [4.69, 9.17) is 18.9 Å². The van der Waals surface area contributed by atoms with Crippen LogP contribution in [-0.2, 0) is 40.4 Å². The number of aromatic nitrogens is 3. The summed E-state index contributed by atoms with van der Waals surface area (Å²) in [6.45, 7) is 4.33. The van der Waals surface area contributed by atoms with E-state index >= 15 is 0 Å². The maximum atomic E-state index is 13.6. The number of allylic oxidation sites excluding steroid dienone is 1. The van der Waals surface area contributed by atoms with Gasteiger partial charge in [-0.3, -0.25) is 5.10 Å². The molecule has 8 heteroatoms. The first-order valence-electron chi connectivity index (χ1n) is 14.4. The first-order chi connectivity index (χ1) is 20.7. The van der Waals surface area contributed by atoms with Crippen molar-refractivity contribution in [3.05, 3.63) is 95.5 Å². The number of aryl methyl sites for hydroxylation is 1. The van der Waals surface area contributed by atoms with E-state index < -0.39 is 0 Å². The highest BCUT2D eigenvalue weighted by Crippen LogP contribution is 2.38. The minimum atomic E-state index is -0.325. The van der Waals surface area contributed by atoms with Gasteiger partial charge >= 0.3 is 5.97 Å². The fourth-order valence-corrected chi connectivity index (χ4v) is 5.87. The molecule has 8 nitrogen and oxygen atoms in total. The normalized spacial score (nSPS) is 14.0. The molecule has 0 unspecified atom stereocenters. The first-order valence-corrected chi connectivity index (χ1v) is 14.4. The third-order valence-electron chi connectivity index (χ3n) is 7.62. The van der Waals surface area contributed by atoms with Crippen molar-refractivity contribution in [2.45, 2.75) is 39.5 Å². The van der Waals surface area contributed by atoms with Gasteiger partial charge in [0.15, 0.2) is 0 Å². The zero-order valence-corrected chi connectivity index (χ0v) is 24.0. The van der Waals surface area contributed by atoms with Gasteiger partial charge < -0.3 is 23.5 Å². The topological polar surface area (TPSA) is 87.6 Å². The number of hydrogen-bond donors (Lipinski definition) is 1. The summed E-state index contributed by atoms with van der Waals surface area (Å²) in [4.78, 5) is 13.6. The van der Waals surface area contributed by atoms with Crippen LogP contribution in [0.5, 0.6) is 5.75 Å². The number of aromatic amines is 1. The van der Waals surface area contributed by atoms with Crippen molar-refractivity contribution < 1.29 is 23.7 Å². The molecule has 0 aliphatic carbocycles. The highest BCUT2D eigenvalue weighted by molar-refractivity contribution is 6.05. The summed E-state index contributed by atoms with van der Waals surface area (Å²) in [6.07, 6.45) is 5.41. The van der Waals surface area contributed by atoms with Crippen molar-refractivity contribution in [2.24, 2.45) is 0 Å². The molecule has 1 aliphatic rings. The Balaban J connectivity index is 1.42. The summed E-state index contributed by atoms with van der Waals surface area (Å²) in [5.74, 6) is 0.539. The molecule has 0 bridgehead atoms. The van der Waals surface area contributed by atoms with E-state index in [0.717, 1.165) is 61.9 Å². The van der Waals surface area contributed by atoms with Gasteiger partial charge in [0.25, 0.3) is 0 Å². The molecule has 3 heterocycles. The lowest BCUT2D eigenvalue weighted by molar-refractivity contribution is 0.0513. The van der Waals surface area contributed by atoms with Gasteiger partial charge in [-0.2, -0.15) is 5.10 Å². The summed E-state index contributed by atoms with van der Waals surface area (Å²) in [5, 5.41) is 11.0. The van der Waals surface area contributed by atoms with Crippen LogP contribution in [0.2, 0.25) is 0 Å². The number of nitrogens with zero attached hydrogens (tertiary/aromatic N) is 2. The third kappa shape index (κ3) is 5.31. The molecule has 0 saturated heterocycles. The quantitative estimate of drug-likeness (QED) is 0.123. The van der Waals surface area contributed by atoms with E-state index in [2.05, 4.69) is 45.1 Å². The van der Waals surface area contributed by atoms with E-state index in [9.17, 15) is 4.79 Å². The van der Waals surface area contributed by atoms with Gasteiger partial charge in [0.05, 0.1) is 49.9 Å². The van der Waals surface area contributed by atoms with Crippen LogP contribution >= 0.6 is 0 Å². The molecule has 42 heavy (non-hydrogen) atoms. The smallest absolute Gasteiger partial charge is 0.355 e. The Bertz CT molecular complexity index is 1740. The van der Waals surface area contributed by atoms with Gasteiger partial charge in [0.2, 0.25) is 0 Å². The van der Waals surface area contributed by atoms with E-state index in [1.165, 1.54) is 0 Å². The number of fused-ring (bicyclic) bond motifs is 3. The number of carbonyl (C=O) groups excluding carboxylic acids is 1. The van der Waals surface area contributed by atoms with Crippen LogP contribution in [-0.4, -0.2) is 47.7 Å². The molecule has 0 atom stereocenters. The molecule has 0 amide bonds. The fraction of sp³-hybridized carbons (Fsp3) is 0.294. The number of carbonyl (C=O) groups is 1. The van der Waals surface area contributed by atoms with E-state index in [0.29, 0.717) is 51.7 Å². The van der Waals surface area contributed by atoms with Gasteiger partial charge in [0.1, 0.15) is 11.4 Å². The van der Waals surface area contributed by atoms with Gasteiger partial charge in [-0.15, -0.1) is 0 Å². The lowest BCUT2D eigenvalue weighted by Gasteiger charge is -2.12. The molecule has 6 rings (SSSR count). The second-order valence-electron chi connectivity index (χ2n) is 10.2. The number of hydrogen-bond acceptors (Lipinski definition) is 6. The van der Waals surface area contributed by atoms with Gasteiger partial charge in [-0.1, -0.05) is 66.7 Å². The molecular formula is C34H35N3O5. The number of ether oxygens (including phenoxy) is 4. The van der Waals surface area contributed by atoms with E-state index in [1.807, 2.05) is 49.4 Å². The molecule has 0 saturated carbocycles. The van der Waals surface area contributed by atoms with Gasteiger partial charge in [-0.25, -0.2) is 4.79 Å². The number of para-hydroxylation sites is 1. The fourth-order valence-electron chi connectivity index (χ4n) is 5.87. The monoisotopic (exact) mass is 565 g/mol. The highest BCUT2D eigenvalue weighted by atomic mass is 16.5. The Hall–Kier alpha value is -4.40. The Morgan fingerprint density at radius 1 is 1.05 bits per heavy atom. The van der Waals surface area contributed by atoms with Gasteiger partial charge in [0, 0.05) is 35.6 Å². The molecule has 1 N–H and O–H groups in total. The molecule has 0 spiro atoms. The Kier molecular flexibility index (Phi) is 8.35. The Morgan fingerprint density at radius 2 is 1.88 bits per heavy atom. The van der Waals surface area contributed by atoms with Crippen LogP contribution in [0.15, 0.2) is 72.8 Å². The summed E-state index contributed by atoms with van der Waals surface area (Å²) in [5.41, 5.74) is 6.11. The highest BCUT2D eigenvalue weighted by Gasteiger charge is 2.27. The molecular weight excluding hydrogens is 530 g/mol. The molecule has 0 fully saturated rings. The average Bonchev–Trinajstić information content (AvgIpc) is 3.54. The SMILES string of the molecule is CCOC(=O)c1c(CCCOc2cccc3ccccc23)c2cccc3c2n1C/C=C\COCc1n[nH]c(COC)c1-3. The predicted octanol–water partition coefficient (Wildman–Crippen LogP) is 6.61. The standard InChI is InChI=1S/C34H35N3O5/c1-3-41-34(38)33-26(16-10-20-42-30-17-8-12-23-11-4-5-13-24(23)30)25-14-9-15-27-31-28(21-39-2)35-36-29(31)22-40-19-7-6-18-37(33)32(25)27/h4-9,11-15,17H,3,10,16,18-22H2,1-2H3,(H,35,36)/b7-6-. The van der Waals surface area contributed by atoms with Crippen molar-refractivity contribution >= 4 is 27.6 Å². The molecule has 3 aromatic carbocycles. The lowest BCUT2D eigenvalue weighted by atomic mass is 9.98. The van der Waals surface area contributed by atoms with E-state index in [-0.39, 0.29) is 5.97 Å². The summed E-state index contributed by atoms with van der Waals surface area (Å²) in [6, 6.07) is 20.5. The van der Waals surface area contributed by atoms with Crippen LogP contribution < -0.4 is 4.74 Å². The van der Waals surface area contributed by atoms with Crippen LogP contribution in [0.3, 0.4) is 0 Å². The zero-order valence-electron chi connectivity index (χ0n) is 24.0. The van der Waals surface area contributed by atoms with Crippen LogP contribution in [0.4, 0.5) is 0 Å². The van der Waals surface area contributed by atoms with Crippen LogP contribution in [0.25, 0.3) is 32.8 Å². The maximum absolute atomic E-state index is 13.6. The number of benzene rings is 3. The molecule has 216 valence electrons. The minimum absolute atomic E-state index is 0.296. The number of H-pyrrole nitrogens is 1. The molecule has 0 radical (unpaired) electrons. The molecule has 1 aliphatic heterocycles. The largest absolute Gasteiger partial charge is 0.493 e. The minimum Gasteiger partial charge on any atom is -0.493 e. The number of methoxy groups -OCH3 is 1. The van der Waals surface area contributed by atoms with Crippen molar-refractivity contribution in [3.63, 3.8) is 0 Å². The number of esters is 1. The average molecular weight is 566 g/mol. The summed E-state index contributed by atoms with van der Waals surface area (Å²) >= 11 is 0. The van der Waals surface area contributed by atoms with Crippen LogP contribution in [0.1, 0.15) is 40.8 Å². The number of rotatable bonds is 9. The maximum Gasteiger partial charge on any atom is 0.355 e. The summed E-state index contributed by atoms with van der Waals surface area (Å²) in [7, 11) is 1.67. The third-order valence-corrected chi connectivity index (χ3v) is 7.62. The lowest BCUT2D eigenvalue weighted by Crippen LogP contribution is -2.14. The second kappa shape index (κ2) is 12.6. The molecule has 5 aromatic rings. The summed E-state index contributed by atoms with van der Waals surface area (Å²) < 4.78 is 25.4. The second-order valence-corrected chi connectivity index (χ2v) is 10.2. The van der Waals surface area contributed by atoms with Crippen molar-refractivity contribution in [1.29, 1.82) is 0 Å². The first kappa shape index (κ1) is 27.8. The Labute approximate surface area is 244 Å². The Morgan fingerprint density at radius 3 is 2.76 bits per heavy atom. The van der Waals surface area contributed by atoms with Crippen molar-refractivity contribution in [1.82, 2.24) is 14.8 Å². The van der Waals surface area contributed by atoms with E-state index in [1.54, 1.807) is 7.11 Å². The predicted molar refractivity (Wildman–Crippen MR) is 163 cm³/mol.